The summed E-state index contributed by atoms with van der Waals surface area (Å²) < 4.78 is 1.87. The molecule has 2 aliphatic rings. The molecule has 0 amide bonds. The number of likely N-dealkylation sites (tertiary alicyclic amines) is 1. The molecule has 1 aromatic heterocycles. The largest absolute Gasteiger partial charge is 0.394 e. The van der Waals surface area contributed by atoms with Gasteiger partial charge < -0.3 is 5.11 Å². The first kappa shape index (κ1) is 19.6. The van der Waals surface area contributed by atoms with Crippen LogP contribution in [0.3, 0.4) is 0 Å². The highest BCUT2D eigenvalue weighted by Crippen LogP contribution is 2.28. The fourth-order valence-electron chi connectivity index (χ4n) is 4.87. The van der Waals surface area contributed by atoms with Gasteiger partial charge in [0.15, 0.2) is 0 Å². The van der Waals surface area contributed by atoms with Gasteiger partial charge in [0.05, 0.1) is 18.8 Å². The molecule has 0 spiro atoms. The molecular formula is C22H33N5O. The highest BCUT2D eigenvalue weighted by atomic mass is 16.3. The van der Waals surface area contributed by atoms with Gasteiger partial charge in [0, 0.05) is 37.4 Å². The van der Waals surface area contributed by atoms with Crippen LogP contribution in [0.4, 0.5) is 0 Å². The minimum atomic E-state index is 0.134. The van der Waals surface area contributed by atoms with E-state index in [1.54, 1.807) is 0 Å². The predicted molar refractivity (Wildman–Crippen MR) is 111 cm³/mol. The van der Waals surface area contributed by atoms with Gasteiger partial charge in [-0.15, -0.1) is 0 Å². The van der Waals surface area contributed by atoms with Crippen molar-refractivity contribution < 1.29 is 5.11 Å². The lowest BCUT2D eigenvalue weighted by molar-refractivity contribution is 0.131. The molecule has 2 aliphatic heterocycles. The molecule has 3 atom stereocenters. The summed E-state index contributed by atoms with van der Waals surface area (Å²) in [5, 5.41) is 13.7. The second kappa shape index (κ2) is 9.18. The summed E-state index contributed by atoms with van der Waals surface area (Å²) in [6.45, 7) is 7.07. The van der Waals surface area contributed by atoms with Crippen LogP contribution in [-0.2, 0) is 19.5 Å². The Hall–Kier alpha value is -1.73. The summed E-state index contributed by atoms with van der Waals surface area (Å²) in [4.78, 5) is 2.58. The van der Waals surface area contributed by atoms with E-state index in [0.29, 0.717) is 24.4 Å². The van der Waals surface area contributed by atoms with E-state index in [0.717, 1.165) is 38.3 Å². The fourth-order valence-corrected chi connectivity index (χ4v) is 4.87. The molecule has 0 saturated carbocycles. The number of hydrazine groups is 1. The number of hydrogen-bond acceptors (Lipinski definition) is 5. The van der Waals surface area contributed by atoms with Crippen molar-refractivity contribution in [2.75, 3.05) is 26.2 Å². The second-order valence-corrected chi connectivity index (χ2v) is 8.36. The first-order valence-electron chi connectivity index (χ1n) is 10.6. The molecule has 3 heterocycles. The molecule has 152 valence electrons. The van der Waals surface area contributed by atoms with Crippen molar-refractivity contribution in [1.29, 1.82) is 0 Å². The molecule has 3 N–H and O–H groups in total. The number of aryl methyl sites for hydroxylation is 1. The lowest BCUT2D eigenvalue weighted by Crippen LogP contribution is -2.47. The number of nitrogens with zero attached hydrogens (tertiary/aromatic N) is 3. The lowest BCUT2D eigenvalue weighted by Gasteiger charge is -2.37. The van der Waals surface area contributed by atoms with E-state index in [9.17, 15) is 0 Å². The third-order valence-electron chi connectivity index (χ3n) is 6.30. The van der Waals surface area contributed by atoms with Gasteiger partial charge in [-0.1, -0.05) is 30.3 Å². The number of aliphatic hydroxyl groups is 1. The number of rotatable bonds is 7. The van der Waals surface area contributed by atoms with E-state index >= 15 is 0 Å². The Morgan fingerprint density at radius 2 is 2.11 bits per heavy atom. The van der Waals surface area contributed by atoms with Gasteiger partial charge in [-0.2, -0.15) is 5.10 Å². The smallest absolute Gasteiger partial charge is 0.0641 e. The van der Waals surface area contributed by atoms with E-state index in [2.05, 4.69) is 64.3 Å². The highest BCUT2D eigenvalue weighted by Gasteiger charge is 2.35. The van der Waals surface area contributed by atoms with E-state index in [4.69, 9.17) is 5.11 Å². The number of aliphatic hydroxyl groups excluding tert-OH is 1. The molecule has 0 aliphatic carbocycles. The van der Waals surface area contributed by atoms with Crippen molar-refractivity contribution in [3.8, 4) is 0 Å². The Morgan fingerprint density at radius 1 is 1.25 bits per heavy atom. The quantitative estimate of drug-likeness (QED) is 0.680. The molecule has 2 aromatic rings. The van der Waals surface area contributed by atoms with Gasteiger partial charge in [0.1, 0.15) is 0 Å². The average Bonchev–Trinajstić information content (AvgIpc) is 3.30. The zero-order valence-corrected chi connectivity index (χ0v) is 16.8. The molecule has 6 nitrogen and oxygen atoms in total. The van der Waals surface area contributed by atoms with Crippen molar-refractivity contribution in [2.45, 2.75) is 45.3 Å². The third kappa shape index (κ3) is 4.63. The van der Waals surface area contributed by atoms with Crippen molar-refractivity contribution in [2.24, 2.45) is 11.8 Å². The summed E-state index contributed by atoms with van der Waals surface area (Å²) >= 11 is 0. The summed E-state index contributed by atoms with van der Waals surface area (Å²) in [5.41, 5.74) is 10.8. The zero-order chi connectivity index (χ0) is 19.3. The van der Waals surface area contributed by atoms with Crippen LogP contribution in [0.15, 0.2) is 36.5 Å². The Balaban J connectivity index is 1.37. The molecule has 2 saturated heterocycles. The maximum Gasteiger partial charge on any atom is 0.0641 e. The number of hydrogen-bond donors (Lipinski definition) is 3. The highest BCUT2D eigenvalue weighted by molar-refractivity contribution is 5.17. The van der Waals surface area contributed by atoms with Gasteiger partial charge in [-0.25, -0.2) is 0 Å². The van der Waals surface area contributed by atoms with Gasteiger partial charge in [0.25, 0.3) is 0 Å². The summed E-state index contributed by atoms with van der Waals surface area (Å²) in [7, 11) is 0. The maximum absolute atomic E-state index is 9.14. The van der Waals surface area contributed by atoms with Crippen molar-refractivity contribution in [3.63, 3.8) is 0 Å². The Bertz CT molecular complexity index is 747. The monoisotopic (exact) mass is 383 g/mol. The normalized spacial score (nSPS) is 26.0. The average molecular weight is 384 g/mol. The maximum atomic E-state index is 9.14. The van der Waals surface area contributed by atoms with Crippen molar-refractivity contribution in [1.82, 2.24) is 25.5 Å². The Morgan fingerprint density at radius 3 is 2.93 bits per heavy atom. The zero-order valence-electron chi connectivity index (χ0n) is 16.8. The summed E-state index contributed by atoms with van der Waals surface area (Å²) in [6, 6.07) is 11.4. The van der Waals surface area contributed by atoms with Crippen LogP contribution in [0.25, 0.3) is 0 Å². The minimum absolute atomic E-state index is 0.134. The minimum Gasteiger partial charge on any atom is -0.394 e. The fraction of sp³-hybridized carbons (Fsp3) is 0.591. The van der Waals surface area contributed by atoms with Crippen molar-refractivity contribution in [3.05, 3.63) is 53.3 Å². The lowest BCUT2D eigenvalue weighted by atomic mass is 9.81. The Kier molecular flexibility index (Phi) is 6.42. The van der Waals surface area contributed by atoms with Crippen molar-refractivity contribution >= 4 is 0 Å². The van der Waals surface area contributed by atoms with Gasteiger partial charge in [-0.3, -0.25) is 20.4 Å². The molecule has 2 fully saturated rings. The van der Waals surface area contributed by atoms with E-state index in [1.165, 1.54) is 24.0 Å². The molecule has 3 unspecified atom stereocenters. The molecule has 1 aromatic carbocycles. The predicted octanol–water partition coefficient (Wildman–Crippen LogP) is 1.73. The van der Waals surface area contributed by atoms with Gasteiger partial charge in [0.2, 0.25) is 0 Å². The third-order valence-corrected chi connectivity index (χ3v) is 6.30. The SMILES string of the molecule is Cc1nn(CCO)cc1CN1CCCC(C2NNCC2Cc2ccccc2)C1. The molecule has 28 heavy (non-hydrogen) atoms. The second-order valence-electron chi connectivity index (χ2n) is 8.36. The standard InChI is InChI=1S/C22H33N5O/c1-17-21(16-27(25-17)10-11-28)15-26-9-5-8-19(14-26)22-20(13-23-24-22)12-18-6-3-2-4-7-18/h2-4,6-7,16,19-20,22-24,28H,5,8-15H2,1H3. The van der Waals surface area contributed by atoms with Crippen LogP contribution in [-0.4, -0.2) is 52.1 Å². The van der Waals surface area contributed by atoms with Crippen LogP contribution < -0.4 is 10.9 Å². The van der Waals surface area contributed by atoms with Crippen LogP contribution in [0, 0.1) is 18.8 Å². The van der Waals surface area contributed by atoms with E-state index < -0.39 is 0 Å². The van der Waals surface area contributed by atoms with Crippen LogP contribution in [0.5, 0.6) is 0 Å². The Labute approximate surface area is 167 Å². The summed E-state index contributed by atoms with van der Waals surface area (Å²) in [5.74, 6) is 1.31. The molecule has 0 radical (unpaired) electrons. The van der Waals surface area contributed by atoms with Gasteiger partial charge >= 0.3 is 0 Å². The molecule has 0 bridgehead atoms. The van der Waals surface area contributed by atoms with Crippen LogP contribution in [0.2, 0.25) is 0 Å². The first-order chi connectivity index (χ1) is 13.7. The molecular weight excluding hydrogens is 350 g/mol. The number of nitrogens with one attached hydrogen (secondary N) is 2. The number of piperidine rings is 1. The van der Waals surface area contributed by atoms with Gasteiger partial charge in [-0.05, 0) is 50.1 Å². The summed E-state index contributed by atoms with van der Waals surface area (Å²) in [6.07, 6.45) is 5.78. The number of benzene rings is 1. The van der Waals surface area contributed by atoms with Crippen LogP contribution in [0.1, 0.15) is 29.7 Å². The van der Waals surface area contributed by atoms with E-state index in [1.807, 2.05) is 4.68 Å². The molecule has 4 rings (SSSR count). The number of aromatic nitrogens is 2. The van der Waals surface area contributed by atoms with E-state index in [-0.39, 0.29) is 6.61 Å². The topological polar surface area (TPSA) is 65.3 Å². The molecule has 6 heteroatoms. The van der Waals surface area contributed by atoms with Crippen LogP contribution >= 0.6 is 0 Å². The first-order valence-corrected chi connectivity index (χ1v) is 10.6.